The molecule has 1 aromatic carbocycles. The quantitative estimate of drug-likeness (QED) is 0.847. The number of halogens is 1. The lowest BCUT2D eigenvalue weighted by Gasteiger charge is -2.26. The molecule has 18 heavy (non-hydrogen) atoms. The Morgan fingerprint density at radius 3 is 2.50 bits per heavy atom. The van der Waals surface area contributed by atoms with Gasteiger partial charge < -0.3 is 0 Å². The molecule has 0 radical (unpaired) electrons. The van der Waals surface area contributed by atoms with Gasteiger partial charge in [-0.3, -0.25) is 0 Å². The van der Waals surface area contributed by atoms with Gasteiger partial charge >= 0.3 is 0 Å². The molecule has 3 nitrogen and oxygen atoms in total. The lowest BCUT2D eigenvalue weighted by molar-refractivity contribution is 0.345. The van der Waals surface area contributed by atoms with Gasteiger partial charge in [-0.2, -0.15) is 4.31 Å². The van der Waals surface area contributed by atoms with Crippen LogP contribution < -0.4 is 0 Å². The zero-order chi connectivity index (χ0) is 13.2. The summed E-state index contributed by atoms with van der Waals surface area (Å²) in [4.78, 5) is -0.177. The van der Waals surface area contributed by atoms with Gasteiger partial charge in [0.25, 0.3) is 0 Å². The number of nitrogens with zero attached hydrogens (tertiary/aromatic N) is 1. The average molecular weight is 271 g/mol. The first-order valence-corrected chi connectivity index (χ1v) is 7.78. The maximum Gasteiger partial charge on any atom is 0.245 e. The molecule has 0 spiro atoms. The molecule has 1 aliphatic rings. The minimum absolute atomic E-state index is 0.177. The van der Waals surface area contributed by atoms with E-state index in [9.17, 15) is 12.8 Å². The van der Waals surface area contributed by atoms with Crippen molar-refractivity contribution in [2.45, 2.75) is 37.5 Å². The highest BCUT2D eigenvalue weighted by atomic mass is 32.2. The minimum Gasteiger partial charge on any atom is -0.207 e. The van der Waals surface area contributed by atoms with Crippen molar-refractivity contribution in [1.29, 1.82) is 0 Å². The van der Waals surface area contributed by atoms with E-state index in [4.69, 9.17) is 0 Å². The van der Waals surface area contributed by atoms with E-state index in [1.165, 1.54) is 16.4 Å². The summed E-state index contributed by atoms with van der Waals surface area (Å²) in [5.74, 6) is -0.655. The smallest absolute Gasteiger partial charge is 0.207 e. The first-order chi connectivity index (χ1) is 8.55. The van der Waals surface area contributed by atoms with Gasteiger partial charge in [-0.05, 0) is 37.0 Å². The van der Waals surface area contributed by atoms with Crippen LogP contribution in [0.15, 0.2) is 23.1 Å². The molecular weight excluding hydrogens is 253 g/mol. The van der Waals surface area contributed by atoms with E-state index in [1.54, 1.807) is 6.07 Å². The Kier molecular flexibility index (Phi) is 4.02. The molecule has 1 heterocycles. The van der Waals surface area contributed by atoms with Crippen LogP contribution in [0.25, 0.3) is 0 Å². The van der Waals surface area contributed by atoms with Gasteiger partial charge in [-0.15, -0.1) is 0 Å². The molecule has 1 saturated heterocycles. The molecule has 1 aliphatic heterocycles. The van der Waals surface area contributed by atoms with E-state index in [0.717, 1.165) is 24.8 Å². The van der Waals surface area contributed by atoms with Crippen molar-refractivity contribution in [1.82, 2.24) is 4.31 Å². The average Bonchev–Trinajstić information content (AvgIpc) is 2.40. The molecule has 100 valence electrons. The summed E-state index contributed by atoms with van der Waals surface area (Å²) in [5, 5.41) is 0. The Hall–Kier alpha value is -0.940. The second-order valence-corrected chi connectivity index (χ2v) is 6.49. The number of sulfonamides is 1. The van der Waals surface area contributed by atoms with Gasteiger partial charge in [-0.25, -0.2) is 12.8 Å². The van der Waals surface area contributed by atoms with E-state index >= 15 is 0 Å². The maximum absolute atomic E-state index is 13.8. The molecule has 0 atom stereocenters. The molecule has 1 aromatic rings. The van der Waals surface area contributed by atoms with Crippen molar-refractivity contribution in [3.05, 3.63) is 29.6 Å². The van der Waals surface area contributed by atoms with Crippen LogP contribution in [0, 0.1) is 5.82 Å². The number of aryl methyl sites for hydroxylation is 1. The van der Waals surface area contributed by atoms with E-state index < -0.39 is 15.8 Å². The summed E-state index contributed by atoms with van der Waals surface area (Å²) < 4.78 is 39.9. The summed E-state index contributed by atoms with van der Waals surface area (Å²) >= 11 is 0. The summed E-state index contributed by atoms with van der Waals surface area (Å²) in [7, 11) is -3.67. The normalized spacial score (nSPS) is 17.9. The van der Waals surface area contributed by atoms with Gasteiger partial charge in [0.2, 0.25) is 10.0 Å². The standard InChI is InChI=1S/C13H18FNO2S/c1-2-11-6-7-12(14)13(10-11)18(16,17)15-8-4-3-5-9-15/h6-7,10H,2-5,8-9H2,1H3. The van der Waals surface area contributed by atoms with Gasteiger partial charge in [0.1, 0.15) is 10.7 Å². The summed E-state index contributed by atoms with van der Waals surface area (Å²) in [6.07, 6.45) is 3.45. The molecule has 0 N–H and O–H groups in total. The second-order valence-electron chi connectivity index (χ2n) is 4.58. The second kappa shape index (κ2) is 5.36. The number of benzene rings is 1. The van der Waals surface area contributed by atoms with Crippen LogP contribution in [0.4, 0.5) is 4.39 Å². The van der Waals surface area contributed by atoms with E-state index in [1.807, 2.05) is 6.92 Å². The van der Waals surface area contributed by atoms with Gasteiger partial charge in [0.15, 0.2) is 0 Å². The zero-order valence-electron chi connectivity index (χ0n) is 10.5. The van der Waals surface area contributed by atoms with Crippen LogP contribution >= 0.6 is 0 Å². The van der Waals surface area contributed by atoms with Crippen LogP contribution in [0.3, 0.4) is 0 Å². The molecule has 0 bridgehead atoms. The van der Waals surface area contributed by atoms with Gasteiger partial charge in [0.05, 0.1) is 0 Å². The predicted molar refractivity (Wildman–Crippen MR) is 68.4 cm³/mol. The van der Waals surface area contributed by atoms with Crippen molar-refractivity contribution in [2.24, 2.45) is 0 Å². The van der Waals surface area contributed by atoms with Crippen LogP contribution in [-0.2, 0) is 16.4 Å². The summed E-state index contributed by atoms with van der Waals surface area (Å²) in [5.41, 5.74) is 0.840. The van der Waals surface area contributed by atoms with Gasteiger partial charge in [0, 0.05) is 13.1 Å². The highest BCUT2D eigenvalue weighted by molar-refractivity contribution is 7.89. The largest absolute Gasteiger partial charge is 0.245 e. The Morgan fingerprint density at radius 2 is 1.89 bits per heavy atom. The topological polar surface area (TPSA) is 37.4 Å². The molecule has 0 saturated carbocycles. The number of piperidine rings is 1. The number of rotatable bonds is 3. The highest BCUT2D eigenvalue weighted by Crippen LogP contribution is 2.23. The Bertz CT molecular complexity index is 522. The maximum atomic E-state index is 13.8. The summed E-state index contributed by atoms with van der Waals surface area (Å²) in [6, 6.07) is 4.33. The minimum atomic E-state index is -3.67. The molecule has 0 aromatic heterocycles. The zero-order valence-corrected chi connectivity index (χ0v) is 11.3. The first-order valence-electron chi connectivity index (χ1n) is 6.34. The molecule has 0 unspecified atom stereocenters. The third kappa shape index (κ3) is 2.57. The van der Waals surface area contributed by atoms with Gasteiger partial charge in [-0.1, -0.05) is 19.4 Å². The Balaban J connectivity index is 2.39. The van der Waals surface area contributed by atoms with Crippen molar-refractivity contribution < 1.29 is 12.8 Å². The molecule has 0 aliphatic carbocycles. The SMILES string of the molecule is CCc1ccc(F)c(S(=O)(=O)N2CCCCC2)c1. The van der Waals surface area contributed by atoms with Crippen LogP contribution in [0.1, 0.15) is 31.7 Å². The van der Waals surface area contributed by atoms with E-state index in [2.05, 4.69) is 0 Å². The van der Waals surface area contributed by atoms with Crippen molar-refractivity contribution in [3.8, 4) is 0 Å². The number of hydrogen-bond acceptors (Lipinski definition) is 2. The van der Waals surface area contributed by atoms with Crippen molar-refractivity contribution in [2.75, 3.05) is 13.1 Å². The first kappa shape index (κ1) is 13.5. The van der Waals surface area contributed by atoms with Crippen LogP contribution in [0.5, 0.6) is 0 Å². The summed E-state index contributed by atoms with van der Waals surface area (Å²) in [6.45, 7) is 2.92. The fourth-order valence-corrected chi connectivity index (χ4v) is 3.84. The Morgan fingerprint density at radius 1 is 1.22 bits per heavy atom. The molecule has 5 heteroatoms. The predicted octanol–water partition coefficient (Wildman–Crippen LogP) is 2.56. The monoisotopic (exact) mass is 271 g/mol. The highest BCUT2D eigenvalue weighted by Gasteiger charge is 2.28. The lowest BCUT2D eigenvalue weighted by atomic mass is 10.2. The molecule has 1 fully saturated rings. The fourth-order valence-electron chi connectivity index (χ4n) is 2.21. The molecule has 2 rings (SSSR count). The van der Waals surface area contributed by atoms with Crippen molar-refractivity contribution in [3.63, 3.8) is 0 Å². The lowest BCUT2D eigenvalue weighted by Crippen LogP contribution is -2.36. The third-order valence-corrected chi connectivity index (χ3v) is 5.25. The van der Waals surface area contributed by atoms with E-state index in [0.29, 0.717) is 19.5 Å². The fraction of sp³-hybridized carbons (Fsp3) is 0.538. The van der Waals surface area contributed by atoms with Crippen LogP contribution in [0.2, 0.25) is 0 Å². The molecule has 0 amide bonds. The van der Waals surface area contributed by atoms with Crippen molar-refractivity contribution >= 4 is 10.0 Å². The third-order valence-electron chi connectivity index (χ3n) is 3.34. The molecular formula is C13H18FNO2S. The van der Waals surface area contributed by atoms with Crippen LogP contribution in [-0.4, -0.2) is 25.8 Å². The number of hydrogen-bond donors (Lipinski definition) is 0. The van der Waals surface area contributed by atoms with E-state index in [-0.39, 0.29) is 4.90 Å². The Labute approximate surface area is 108 Å².